The third-order valence-electron chi connectivity index (χ3n) is 3.99. The van der Waals surface area contributed by atoms with Crippen molar-refractivity contribution in [3.05, 3.63) is 35.3 Å². The molecule has 2 aromatic rings. The minimum absolute atomic E-state index is 0.00463. The van der Waals surface area contributed by atoms with Crippen molar-refractivity contribution in [2.24, 2.45) is 0 Å². The molecule has 0 unspecified atom stereocenters. The lowest BCUT2D eigenvalue weighted by Gasteiger charge is -2.15. The number of aliphatic hydroxyl groups excluding tert-OH is 1. The van der Waals surface area contributed by atoms with Gasteiger partial charge in [-0.15, -0.1) is 0 Å². The number of aromatic nitrogens is 2. The summed E-state index contributed by atoms with van der Waals surface area (Å²) in [5.74, 6) is -2.50. The van der Waals surface area contributed by atoms with E-state index >= 15 is 0 Å². The number of methoxy groups -OCH3 is 1. The van der Waals surface area contributed by atoms with E-state index in [1.54, 1.807) is 0 Å². The summed E-state index contributed by atoms with van der Waals surface area (Å²) >= 11 is 0. The molecule has 11 heteroatoms. The Balaban J connectivity index is 2.03. The van der Waals surface area contributed by atoms with Gasteiger partial charge in [-0.3, -0.25) is 4.79 Å². The standard InChI is InChI=1S/C16H15F3N4O4/c1-27-14(26)8-7-23(5-6-24)13(25)11(8)20-9-3-2-4-10-12(9)22-15(21-10)16(17,18)19/h2-4,20,24H,5-7H2,1H3,(H,21,22). The van der Waals surface area contributed by atoms with Gasteiger partial charge in [0.05, 0.1) is 37.0 Å². The predicted octanol–water partition coefficient (Wildman–Crippen LogP) is 1.26. The van der Waals surface area contributed by atoms with Crippen LogP contribution in [0.15, 0.2) is 29.5 Å². The number of benzene rings is 1. The lowest BCUT2D eigenvalue weighted by Crippen LogP contribution is -2.31. The minimum atomic E-state index is -4.66. The van der Waals surface area contributed by atoms with Crippen LogP contribution in [0, 0.1) is 0 Å². The summed E-state index contributed by atoms with van der Waals surface area (Å²) in [6.07, 6.45) is -4.66. The summed E-state index contributed by atoms with van der Waals surface area (Å²) in [6, 6.07) is 4.33. The number of para-hydroxylation sites is 1. The number of nitrogens with one attached hydrogen (secondary N) is 2. The third-order valence-corrected chi connectivity index (χ3v) is 3.99. The maximum atomic E-state index is 12.9. The molecule has 0 radical (unpaired) electrons. The van der Waals surface area contributed by atoms with E-state index in [-0.39, 0.29) is 47.7 Å². The molecule has 0 bridgehead atoms. The minimum Gasteiger partial charge on any atom is -0.466 e. The van der Waals surface area contributed by atoms with E-state index in [1.165, 1.54) is 23.1 Å². The van der Waals surface area contributed by atoms with Gasteiger partial charge in [-0.05, 0) is 12.1 Å². The van der Waals surface area contributed by atoms with Crippen molar-refractivity contribution in [3.8, 4) is 0 Å². The van der Waals surface area contributed by atoms with E-state index in [4.69, 9.17) is 5.11 Å². The average molecular weight is 384 g/mol. The monoisotopic (exact) mass is 384 g/mol. The Hall–Kier alpha value is -3.08. The van der Waals surface area contributed by atoms with Crippen molar-refractivity contribution in [1.29, 1.82) is 0 Å². The zero-order chi connectivity index (χ0) is 19.8. The van der Waals surface area contributed by atoms with Gasteiger partial charge in [0, 0.05) is 6.54 Å². The van der Waals surface area contributed by atoms with Crippen LogP contribution in [0.2, 0.25) is 0 Å². The van der Waals surface area contributed by atoms with E-state index < -0.39 is 23.9 Å². The smallest absolute Gasteiger partial charge is 0.449 e. The average Bonchev–Trinajstić information content (AvgIpc) is 3.19. The molecular weight excluding hydrogens is 369 g/mol. The summed E-state index contributed by atoms with van der Waals surface area (Å²) in [4.78, 5) is 31.4. The second-order valence-corrected chi connectivity index (χ2v) is 5.71. The van der Waals surface area contributed by atoms with Gasteiger partial charge in [0.1, 0.15) is 11.2 Å². The van der Waals surface area contributed by atoms with Crippen molar-refractivity contribution < 1.29 is 32.6 Å². The molecule has 0 aliphatic carbocycles. The molecule has 0 spiro atoms. The summed E-state index contributed by atoms with van der Waals surface area (Å²) in [6.45, 7) is -0.397. The molecule has 8 nitrogen and oxygen atoms in total. The number of halogens is 3. The van der Waals surface area contributed by atoms with Crippen molar-refractivity contribution in [2.75, 3.05) is 32.1 Å². The molecular formula is C16H15F3N4O4. The molecule has 3 N–H and O–H groups in total. The number of imidazole rings is 1. The number of carbonyl (C=O) groups excluding carboxylic acids is 2. The number of hydrogen-bond acceptors (Lipinski definition) is 6. The van der Waals surface area contributed by atoms with Gasteiger partial charge >= 0.3 is 12.1 Å². The van der Waals surface area contributed by atoms with Crippen molar-refractivity contribution in [2.45, 2.75) is 6.18 Å². The number of fused-ring (bicyclic) bond motifs is 1. The normalized spacial score (nSPS) is 15.0. The van der Waals surface area contributed by atoms with Gasteiger partial charge in [0.2, 0.25) is 5.82 Å². The van der Waals surface area contributed by atoms with Crippen LogP contribution in [0.5, 0.6) is 0 Å². The van der Waals surface area contributed by atoms with Gasteiger partial charge < -0.3 is 25.0 Å². The summed E-state index contributed by atoms with van der Waals surface area (Å²) in [5.41, 5.74) is 0.0916. The third kappa shape index (κ3) is 3.45. The number of aromatic amines is 1. The van der Waals surface area contributed by atoms with Crippen LogP contribution in [0.4, 0.5) is 18.9 Å². The number of alkyl halides is 3. The summed E-state index contributed by atoms with van der Waals surface area (Å²) in [7, 11) is 1.15. The number of aliphatic hydroxyl groups is 1. The van der Waals surface area contributed by atoms with Crippen LogP contribution >= 0.6 is 0 Å². The Bertz CT molecular complexity index is 935. The Morgan fingerprint density at radius 1 is 1.44 bits per heavy atom. The molecule has 1 aliphatic heterocycles. The number of hydrogen-bond donors (Lipinski definition) is 3. The van der Waals surface area contributed by atoms with E-state index in [9.17, 15) is 22.8 Å². The molecule has 27 heavy (non-hydrogen) atoms. The molecule has 2 heterocycles. The first-order chi connectivity index (χ1) is 12.8. The van der Waals surface area contributed by atoms with E-state index in [0.717, 1.165) is 7.11 Å². The fourth-order valence-corrected chi connectivity index (χ4v) is 2.75. The molecule has 144 valence electrons. The van der Waals surface area contributed by atoms with E-state index in [1.807, 2.05) is 0 Å². The highest BCUT2D eigenvalue weighted by Crippen LogP contribution is 2.32. The number of ether oxygens (including phenoxy) is 1. The number of H-pyrrole nitrogens is 1. The van der Waals surface area contributed by atoms with Crippen molar-refractivity contribution >= 4 is 28.6 Å². The van der Waals surface area contributed by atoms with Crippen LogP contribution in [0.25, 0.3) is 11.0 Å². The fourth-order valence-electron chi connectivity index (χ4n) is 2.75. The van der Waals surface area contributed by atoms with Crippen LogP contribution < -0.4 is 5.32 Å². The molecule has 0 saturated heterocycles. The Morgan fingerprint density at radius 3 is 2.81 bits per heavy atom. The highest BCUT2D eigenvalue weighted by molar-refractivity contribution is 6.09. The van der Waals surface area contributed by atoms with E-state index in [2.05, 4.69) is 20.0 Å². The number of carbonyl (C=O) groups is 2. The lowest BCUT2D eigenvalue weighted by molar-refractivity contribution is -0.144. The second kappa shape index (κ2) is 6.91. The number of nitrogens with zero attached hydrogens (tertiary/aromatic N) is 2. The first kappa shape index (κ1) is 18.7. The van der Waals surface area contributed by atoms with Gasteiger partial charge in [0.25, 0.3) is 5.91 Å². The lowest BCUT2D eigenvalue weighted by atomic mass is 10.2. The number of β-amino-alcohol motifs (C(OH)–C–C–N with tert-alkyl or cyclic N) is 1. The molecule has 0 saturated carbocycles. The van der Waals surface area contributed by atoms with Gasteiger partial charge in [-0.1, -0.05) is 6.07 Å². The Kier molecular flexibility index (Phi) is 4.79. The van der Waals surface area contributed by atoms with Crippen molar-refractivity contribution in [3.63, 3.8) is 0 Å². The van der Waals surface area contributed by atoms with Gasteiger partial charge in [-0.25, -0.2) is 9.78 Å². The molecule has 1 aromatic carbocycles. The molecule has 1 amide bonds. The maximum Gasteiger partial charge on any atom is 0.449 e. The van der Waals surface area contributed by atoms with Crippen LogP contribution in [0.3, 0.4) is 0 Å². The quantitative estimate of drug-likeness (QED) is 0.670. The second-order valence-electron chi connectivity index (χ2n) is 5.71. The number of anilines is 1. The van der Waals surface area contributed by atoms with Gasteiger partial charge in [0.15, 0.2) is 0 Å². The van der Waals surface area contributed by atoms with Gasteiger partial charge in [-0.2, -0.15) is 13.2 Å². The molecule has 3 rings (SSSR count). The highest BCUT2D eigenvalue weighted by Gasteiger charge is 2.36. The SMILES string of the molecule is COC(=O)C1=C(Nc2cccc3[nH]c(C(F)(F)F)nc23)C(=O)N(CCO)C1. The molecule has 0 atom stereocenters. The summed E-state index contributed by atoms with van der Waals surface area (Å²) in [5, 5.41) is 11.8. The number of esters is 1. The summed E-state index contributed by atoms with van der Waals surface area (Å²) < 4.78 is 43.4. The first-order valence-corrected chi connectivity index (χ1v) is 7.80. The zero-order valence-electron chi connectivity index (χ0n) is 14.1. The number of amides is 1. The van der Waals surface area contributed by atoms with Crippen LogP contribution in [0.1, 0.15) is 5.82 Å². The predicted molar refractivity (Wildman–Crippen MR) is 87.4 cm³/mol. The highest BCUT2D eigenvalue weighted by atomic mass is 19.4. The van der Waals surface area contributed by atoms with Crippen LogP contribution in [-0.2, 0) is 20.5 Å². The zero-order valence-corrected chi connectivity index (χ0v) is 14.1. The molecule has 1 aromatic heterocycles. The topological polar surface area (TPSA) is 108 Å². The van der Waals surface area contributed by atoms with Crippen molar-refractivity contribution in [1.82, 2.24) is 14.9 Å². The Morgan fingerprint density at radius 2 is 2.19 bits per heavy atom. The Labute approximate surface area is 150 Å². The van der Waals surface area contributed by atoms with E-state index in [0.29, 0.717) is 0 Å². The fraction of sp³-hybridized carbons (Fsp3) is 0.312. The number of rotatable bonds is 5. The molecule has 1 aliphatic rings. The largest absolute Gasteiger partial charge is 0.466 e. The molecule has 0 fully saturated rings. The maximum absolute atomic E-state index is 12.9. The van der Waals surface area contributed by atoms with Crippen LogP contribution in [-0.4, -0.2) is 58.7 Å². The first-order valence-electron chi connectivity index (χ1n) is 7.80.